The third kappa shape index (κ3) is 3.49. The van der Waals surface area contributed by atoms with E-state index in [0.29, 0.717) is 12.2 Å². The fourth-order valence-corrected chi connectivity index (χ4v) is 3.51. The van der Waals surface area contributed by atoms with Crippen LogP contribution in [-0.2, 0) is 9.47 Å². The van der Waals surface area contributed by atoms with Gasteiger partial charge in [-0.2, -0.15) is 0 Å². The van der Waals surface area contributed by atoms with Gasteiger partial charge >= 0.3 is 0 Å². The fraction of sp³-hybridized carbons (Fsp3) is 0.400. The summed E-state index contributed by atoms with van der Waals surface area (Å²) < 4.78 is 12.0. The van der Waals surface area contributed by atoms with Crippen molar-refractivity contribution >= 4 is 22.7 Å². The van der Waals surface area contributed by atoms with E-state index in [0.717, 1.165) is 42.2 Å². The van der Waals surface area contributed by atoms with Gasteiger partial charge in [0, 0.05) is 49.7 Å². The highest BCUT2D eigenvalue weighted by Crippen LogP contribution is 2.39. The second-order valence-electron chi connectivity index (χ2n) is 6.84. The lowest BCUT2D eigenvalue weighted by atomic mass is 10.1. The van der Waals surface area contributed by atoms with Crippen LogP contribution in [0.5, 0.6) is 0 Å². The number of benzene rings is 2. The van der Waals surface area contributed by atoms with Gasteiger partial charge in [-0.05, 0) is 24.3 Å². The van der Waals surface area contributed by atoms with Gasteiger partial charge in [0.05, 0.1) is 13.2 Å². The smallest absolute Gasteiger partial charge is 0.138 e. The van der Waals surface area contributed by atoms with Crippen molar-refractivity contribution in [2.24, 2.45) is 0 Å². The van der Waals surface area contributed by atoms with E-state index in [1.54, 1.807) is 0 Å². The normalized spacial score (nSPS) is 21.7. The summed E-state index contributed by atoms with van der Waals surface area (Å²) in [4.78, 5) is 0. The average Bonchev–Trinajstić information content (AvgIpc) is 3.58. The first-order valence-corrected chi connectivity index (χ1v) is 8.90. The van der Waals surface area contributed by atoms with E-state index < -0.39 is 0 Å². The summed E-state index contributed by atoms with van der Waals surface area (Å²) in [5.74, 6) is 0. The molecule has 0 saturated carbocycles. The Balaban J connectivity index is 1.77. The van der Waals surface area contributed by atoms with Gasteiger partial charge in [0.25, 0.3) is 0 Å². The quantitative estimate of drug-likeness (QED) is 0.572. The largest absolute Gasteiger partial charge is 0.388 e. The number of quaternary nitrogens is 1. The number of hydrogen-bond acceptors (Lipinski definition) is 4. The van der Waals surface area contributed by atoms with Crippen LogP contribution in [0.1, 0.15) is 0 Å². The maximum Gasteiger partial charge on any atom is 0.138 e. The molecule has 0 amide bonds. The van der Waals surface area contributed by atoms with E-state index in [1.165, 1.54) is 11.4 Å². The summed E-state index contributed by atoms with van der Waals surface area (Å²) in [6.45, 7) is 3.60. The molecule has 132 valence electrons. The molecule has 0 bridgehead atoms. The standard InChI is InChI=1S/C20H26N3O2/c1-21-15-3-7-17(8-4-15)23(11-19-13-24-19,12-20-14-25-20)18-9-5-16(22-2)6-10-18/h3-10,19-22H,11-14H2,1-2H3/q+1. The van der Waals surface area contributed by atoms with Crippen molar-refractivity contribution in [1.29, 1.82) is 0 Å². The lowest BCUT2D eigenvalue weighted by Crippen LogP contribution is -2.49. The highest BCUT2D eigenvalue weighted by molar-refractivity contribution is 5.64. The molecule has 2 unspecified atom stereocenters. The van der Waals surface area contributed by atoms with Gasteiger partial charge in [-0.25, -0.2) is 0 Å². The van der Waals surface area contributed by atoms with Crippen LogP contribution in [0.15, 0.2) is 48.5 Å². The first kappa shape index (κ1) is 16.4. The van der Waals surface area contributed by atoms with E-state index >= 15 is 0 Å². The second kappa shape index (κ2) is 6.67. The predicted octanol–water partition coefficient (Wildman–Crippen LogP) is 3.21. The molecule has 2 heterocycles. The van der Waals surface area contributed by atoms with Crippen molar-refractivity contribution in [3.05, 3.63) is 48.5 Å². The molecule has 5 nitrogen and oxygen atoms in total. The Morgan fingerprint density at radius 3 is 1.40 bits per heavy atom. The number of rotatable bonds is 8. The Hall–Kier alpha value is -2.08. The number of nitrogens with one attached hydrogen (secondary N) is 2. The molecule has 0 spiro atoms. The van der Waals surface area contributed by atoms with Crippen molar-refractivity contribution < 1.29 is 9.47 Å². The highest BCUT2D eigenvalue weighted by Gasteiger charge is 2.45. The lowest BCUT2D eigenvalue weighted by molar-refractivity contribution is 0.284. The molecule has 2 aliphatic heterocycles. The summed E-state index contributed by atoms with van der Waals surface area (Å²) in [5, 5.41) is 6.40. The first-order valence-electron chi connectivity index (χ1n) is 8.90. The zero-order valence-electron chi connectivity index (χ0n) is 14.9. The molecule has 2 saturated heterocycles. The summed E-state index contributed by atoms with van der Waals surface area (Å²) in [6.07, 6.45) is 0.651. The zero-order valence-corrected chi connectivity index (χ0v) is 14.9. The number of nitrogens with zero attached hydrogens (tertiary/aromatic N) is 1. The van der Waals surface area contributed by atoms with Gasteiger partial charge in [-0.1, -0.05) is 0 Å². The molecule has 2 aliphatic rings. The van der Waals surface area contributed by atoms with E-state index in [9.17, 15) is 0 Å². The molecule has 2 aromatic rings. The summed E-state index contributed by atoms with van der Waals surface area (Å²) in [6, 6.07) is 17.5. The summed E-state index contributed by atoms with van der Waals surface area (Å²) in [7, 11) is 3.90. The SMILES string of the molecule is CNc1ccc([N+](CC2CO2)(CC2CO2)c2ccc(NC)cc2)cc1. The maximum absolute atomic E-state index is 5.62. The van der Waals surface area contributed by atoms with Crippen molar-refractivity contribution in [2.75, 3.05) is 51.0 Å². The van der Waals surface area contributed by atoms with E-state index in [2.05, 4.69) is 59.2 Å². The third-order valence-electron chi connectivity index (χ3n) is 5.14. The first-order chi connectivity index (χ1) is 12.2. The van der Waals surface area contributed by atoms with Crippen LogP contribution >= 0.6 is 0 Å². The van der Waals surface area contributed by atoms with Gasteiger partial charge in [-0.15, -0.1) is 0 Å². The third-order valence-corrected chi connectivity index (χ3v) is 5.14. The van der Waals surface area contributed by atoms with Crippen LogP contribution in [0.4, 0.5) is 22.7 Å². The monoisotopic (exact) mass is 340 g/mol. The minimum atomic E-state index is 0.326. The minimum Gasteiger partial charge on any atom is -0.388 e. The molecule has 2 aromatic carbocycles. The molecule has 25 heavy (non-hydrogen) atoms. The van der Waals surface area contributed by atoms with E-state index in [4.69, 9.17) is 9.47 Å². The summed E-state index contributed by atoms with van der Waals surface area (Å²) >= 11 is 0. The van der Waals surface area contributed by atoms with Gasteiger partial charge in [0.1, 0.15) is 36.7 Å². The van der Waals surface area contributed by atoms with Crippen molar-refractivity contribution in [3.8, 4) is 0 Å². The van der Waals surface area contributed by atoms with Gasteiger partial charge in [0.2, 0.25) is 0 Å². The van der Waals surface area contributed by atoms with Crippen LogP contribution in [0, 0.1) is 0 Å². The van der Waals surface area contributed by atoms with Crippen LogP contribution < -0.4 is 15.1 Å². The number of epoxide rings is 2. The average molecular weight is 340 g/mol. The van der Waals surface area contributed by atoms with Gasteiger partial charge in [0.15, 0.2) is 0 Å². The Morgan fingerprint density at radius 1 is 0.760 bits per heavy atom. The Labute approximate surface area is 149 Å². The highest BCUT2D eigenvalue weighted by atomic mass is 16.6. The fourth-order valence-electron chi connectivity index (χ4n) is 3.51. The Kier molecular flexibility index (Phi) is 4.37. The molecular weight excluding hydrogens is 314 g/mol. The molecule has 2 fully saturated rings. The van der Waals surface area contributed by atoms with Crippen LogP contribution in [0.25, 0.3) is 0 Å². The van der Waals surface area contributed by atoms with Gasteiger partial charge < -0.3 is 20.1 Å². The molecule has 2 atom stereocenters. The molecule has 0 aromatic heterocycles. The maximum atomic E-state index is 5.62. The minimum absolute atomic E-state index is 0.326. The molecule has 0 radical (unpaired) electrons. The second-order valence-corrected chi connectivity index (χ2v) is 6.84. The Morgan fingerprint density at radius 2 is 1.12 bits per heavy atom. The molecule has 5 heteroatoms. The molecule has 2 N–H and O–H groups in total. The van der Waals surface area contributed by atoms with Crippen LogP contribution in [0.2, 0.25) is 0 Å². The van der Waals surface area contributed by atoms with Crippen molar-refractivity contribution in [3.63, 3.8) is 0 Å². The van der Waals surface area contributed by atoms with Crippen molar-refractivity contribution in [2.45, 2.75) is 12.2 Å². The predicted molar refractivity (Wildman–Crippen MR) is 103 cm³/mol. The van der Waals surface area contributed by atoms with E-state index in [-0.39, 0.29) is 0 Å². The Bertz CT molecular complexity index is 643. The van der Waals surface area contributed by atoms with Gasteiger partial charge in [-0.3, -0.25) is 4.48 Å². The number of ether oxygens (including phenoxy) is 2. The zero-order chi connectivity index (χ0) is 17.3. The summed E-state index contributed by atoms with van der Waals surface area (Å²) in [5.41, 5.74) is 4.81. The molecular formula is C20H26N3O2+. The number of hydrogen-bond donors (Lipinski definition) is 2. The van der Waals surface area contributed by atoms with E-state index in [1.807, 2.05) is 14.1 Å². The van der Waals surface area contributed by atoms with Crippen LogP contribution in [-0.4, -0.2) is 52.6 Å². The topological polar surface area (TPSA) is 49.1 Å². The van der Waals surface area contributed by atoms with Crippen molar-refractivity contribution in [1.82, 2.24) is 4.48 Å². The molecule has 0 aliphatic carbocycles. The molecule has 4 rings (SSSR count). The number of anilines is 2. The van der Waals surface area contributed by atoms with Crippen LogP contribution in [0.3, 0.4) is 0 Å². The lowest BCUT2D eigenvalue weighted by Gasteiger charge is -2.37.